The van der Waals surface area contributed by atoms with Crippen molar-refractivity contribution in [3.05, 3.63) is 41.2 Å². The fraction of sp³-hybridized carbons (Fsp3) is 0.300. The molecule has 1 aromatic carbocycles. The average Bonchev–Trinajstić information content (AvgIpc) is 2.71. The molecule has 17 heavy (non-hydrogen) atoms. The summed E-state index contributed by atoms with van der Waals surface area (Å²) >= 11 is 0. The number of benzene rings is 1. The summed E-state index contributed by atoms with van der Waals surface area (Å²) < 4.78 is 27.6. The summed E-state index contributed by atoms with van der Waals surface area (Å²) in [6.45, 7) is 0.659. The third-order valence-corrected chi connectivity index (χ3v) is 2.28. The van der Waals surface area contributed by atoms with Crippen molar-refractivity contribution in [3.8, 4) is 0 Å². The lowest BCUT2D eigenvalue weighted by Gasteiger charge is -2.05. The molecule has 0 unspecified atom stereocenters. The molecule has 0 amide bonds. The summed E-state index contributed by atoms with van der Waals surface area (Å²) in [5, 5.41) is 14.0. The second kappa shape index (κ2) is 4.96. The van der Waals surface area contributed by atoms with Crippen LogP contribution in [0.15, 0.2) is 18.2 Å². The maximum atomic E-state index is 13.4. The van der Waals surface area contributed by atoms with Crippen molar-refractivity contribution < 1.29 is 8.78 Å². The molecule has 0 bridgehead atoms. The number of nitrogens with one attached hydrogen (secondary N) is 1. The van der Waals surface area contributed by atoms with Gasteiger partial charge in [-0.1, -0.05) is 6.07 Å². The molecule has 0 aliphatic heterocycles. The van der Waals surface area contributed by atoms with E-state index in [-0.39, 0.29) is 6.54 Å². The van der Waals surface area contributed by atoms with Crippen molar-refractivity contribution in [1.82, 2.24) is 25.5 Å². The molecule has 0 aliphatic rings. The van der Waals surface area contributed by atoms with E-state index < -0.39 is 11.6 Å². The molecular weight excluding hydrogens is 228 g/mol. The minimum absolute atomic E-state index is 0.177. The largest absolute Gasteiger partial charge is 0.313 e. The van der Waals surface area contributed by atoms with E-state index in [4.69, 9.17) is 0 Å². The highest BCUT2D eigenvalue weighted by atomic mass is 19.1. The van der Waals surface area contributed by atoms with Gasteiger partial charge in [0.25, 0.3) is 0 Å². The maximum Gasteiger partial charge on any atom is 0.165 e. The molecule has 0 saturated heterocycles. The summed E-state index contributed by atoms with van der Waals surface area (Å²) in [6, 6.07) is 3.44. The molecular formula is C10H11F2N5. The van der Waals surface area contributed by atoms with E-state index in [0.717, 1.165) is 6.07 Å². The first-order valence-electron chi connectivity index (χ1n) is 5.04. The fourth-order valence-corrected chi connectivity index (χ4v) is 1.44. The lowest BCUT2D eigenvalue weighted by atomic mass is 10.2. The number of hydrogen-bond acceptors (Lipinski definition) is 4. The third kappa shape index (κ3) is 2.62. The molecule has 7 heteroatoms. The minimum atomic E-state index is -0.601. The summed E-state index contributed by atoms with van der Waals surface area (Å²) in [5.41, 5.74) is 0.344. The van der Waals surface area contributed by atoms with Crippen LogP contribution in [0.3, 0.4) is 0 Å². The van der Waals surface area contributed by atoms with Gasteiger partial charge in [0.15, 0.2) is 5.82 Å². The van der Waals surface area contributed by atoms with Gasteiger partial charge in [-0.3, -0.25) is 0 Å². The lowest BCUT2D eigenvalue weighted by molar-refractivity contribution is 0.543. The Balaban J connectivity index is 2.22. The molecule has 0 aliphatic carbocycles. The average molecular weight is 239 g/mol. The van der Waals surface area contributed by atoms with E-state index in [9.17, 15) is 8.78 Å². The molecule has 0 spiro atoms. The van der Waals surface area contributed by atoms with Crippen LogP contribution in [0.4, 0.5) is 8.78 Å². The summed E-state index contributed by atoms with van der Waals surface area (Å²) in [7, 11) is 1.76. The van der Waals surface area contributed by atoms with Gasteiger partial charge in [-0.25, -0.2) is 13.5 Å². The fourth-order valence-electron chi connectivity index (χ4n) is 1.44. The maximum absolute atomic E-state index is 13.4. The van der Waals surface area contributed by atoms with Gasteiger partial charge in [-0.05, 0) is 23.5 Å². The normalized spacial score (nSPS) is 10.8. The topological polar surface area (TPSA) is 55.6 Å². The molecule has 0 atom stereocenters. The van der Waals surface area contributed by atoms with Crippen molar-refractivity contribution in [2.45, 2.75) is 13.1 Å². The second-order valence-electron chi connectivity index (χ2n) is 3.52. The van der Waals surface area contributed by atoms with E-state index in [1.807, 2.05) is 0 Å². The third-order valence-electron chi connectivity index (χ3n) is 2.28. The molecule has 5 nitrogen and oxygen atoms in total. The Morgan fingerprint density at radius 2 is 2.18 bits per heavy atom. The zero-order valence-corrected chi connectivity index (χ0v) is 9.19. The smallest absolute Gasteiger partial charge is 0.165 e. The molecule has 0 saturated carbocycles. The Bertz CT molecular complexity index is 511. The van der Waals surface area contributed by atoms with Crippen LogP contribution < -0.4 is 5.32 Å². The number of nitrogens with zero attached hydrogens (tertiary/aromatic N) is 4. The monoisotopic (exact) mass is 239 g/mol. The van der Waals surface area contributed by atoms with Gasteiger partial charge in [0.05, 0.1) is 13.1 Å². The summed E-state index contributed by atoms with van der Waals surface area (Å²) in [6.07, 6.45) is 0. The zero-order valence-electron chi connectivity index (χ0n) is 9.19. The Hall–Kier alpha value is -1.89. The zero-order chi connectivity index (χ0) is 12.3. The Kier molecular flexibility index (Phi) is 3.38. The molecule has 1 N–H and O–H groups in total. The highest BCUT2D eigenvalue weighted by molar-refractivity contribution is 5.18. The first kappa shape index (κ1) is 11.6. The van der Waals surface area contributed by atoms with Crippen molar-refractivity contribution >= 4 is 0 Å². The van der Waals surface area contributed by atoms with Crippen LogP contribution >= 0.6 is 0 Å². The Labute approximate surface area is 96.4 Å². The number of rotatable bonds is 4. The highest BCUT2D eigenvalue weighted by Crippen LogP contribution is 2.11. The summed E-state index contributed by atoms with van der Waals surface area (Å²) in [5.74, 6) is -0.606. The van der Waals surface area contributed by atoms with E-state index in [1.165, 1.54) is 16.8 Å². The first-order chi connectivity index (χ1) is 8.20. The van der Waals surface area contributed by atoms with Gasteiger partial charge in [-0.15, -0.1) is 5.10 Å². The van der Waals surface area contributed by atoms with Crippen LogP contribution in [0.5, 0.6) is 0 Å². The van der Waals surface area contributed by atoms with Gasteiger partial charge >= 0.3 is 0 Å². The SMILES string of the molecule is CNCc1nnnn1Cc1ccc(F)cc1F. The van der Waals surface area contributed by atoms with Crippen molar-refractivity contribution in [2.75, 3.05) is 7.05 Å². The van der Waals surface area contributed by atoms with E-state index in [0.29, 0.717) is 17.9 Å². The molecule has 2 aromatic rings. The second-order valence-corrected chi connectivity index (χ2v) is 3.52. The van der Waals surface area contributed by atoms with Crippen LogP contribution in [-0.4, -0.2) is 27.3 Å². The van der Waals surface area contributed by atoms with Crippen molar-refractivity contribution in [1.29, 1.82) is 0 Å². The predicted octanol–water partition coefficient (Wildman–Crippen LogP) is 0.719. The first-order valence-corrected chi connectivity index (χ1v) is 5.04. The van der Waals surface area contributed by atoms with Gasteiger partial charge in [0.1, 0.15) is 11.6 Å². The van der Waals surface area contributed by atoms with Crippen LogP contribution in [0.25, 0.3) is 0 Å². The molecule has 1 aromatic heterocycles. The molecule has 2 rings (SSSR count). The Morgan fingerprint density at radius 3 is 2.88 bits per heavy atom. The standard InChI is InChI=1S/C10H11F2N5/c1-13-5-10-14-15-16-17(10)6-7-2-3-8(11)4-9(7)12/h2-4,13H,5-6H2,1H3. The van der Waals surface area contributed by atoms with Crippen molar-refractivity contribution in [3.63, 3.8) is 0 Å². The molecule has 0 fully saturated rings. The van der Waals surface area contributed by atoms with Crippen LogP contribution in [0, 0.1) is 11.6 Å². The van der Waals surface area contributed by atoms with Crippen molar-refractivity contribution in [2.24, 2.45) is 0 Å². The predicted molar refractivity (Wildman–Crippen MR) is 56.0 cm³/mol. The van der Waals surface area contributed by atoms with E-state index in [2.05, 4.69) is 20.8 Å². The van der Waals surface area contributed by atoms with Crippen LogP contribution in [0.1, 0.15) is 11.4 Å². The van der Waals surface area contributed by atoms with Crippen LogP contribution in [0.2, 0.25) is 0 Å². The number of hydrogen-bond donors (Lipinski definition) is 1. The van der Waals surface area contributed by atoms with Gasteiger partial charge in [0.2, 0.25) is 0 Å². The summed E-state index contributed by atoms with van der Waals surface area (Å²) in [4.78, 5) is 0. The lowest BCUT2D eigenvalue weighted by Crippen LogP contribution is -2.14. The minimum Gasteiger partial charge on any atom is -0.313 e. The van der Waals surface area contributed by atoms with E-state index in [1.54, 1.807) is 7.05 Å². The molecule has 0 radical (unpaired) electrons. The van der Waals surface area contributed by atoms with E-state index >= 15 is 0 Å². The van der Waals surface area contributed by atoms with Crippen LogP contribution in [-0.2, 0) is 13.1 Å². The highest BCUT2D eigenvalue weighted by Gasteiger charge is 2.09. The number of tetrazole rings is 1. The van der Waals surface area contributed by atoms with Gasteiger partial charge in [0, 0.05) is 11.6 Å². The molecule has 1 heterocycles. The molecule has 90 valence electrons. The van der Waals surface area contributed by atoms with Gasteiger partial charge < -0.3 is 5.32 Å². The number of aromatic nitrogens is 4. The quantitative estimate of drug-likeness (QED) is 0.854. The Morgan fingerprint density at radius 1 is 1.35 bits per heavy atom. The number of halogens is 2. The van der Waals surface area contributed by atoms with Gasteiger partial charge in [-0.2, -0.15) is 0 Å².